The number of carbonyl (C=O) groups excluding carboxylic acids is 4. The summed E-state index contributed by atoms with van der Waals surface area (Å²) in [6.45, 7) is 4.51. The second-order valence-electron chi connectivity index (χ2n) is 7.23. The van der Waals surface area contributed by atoms with Gasteiger partial charge in [0.1, 0.15) is 24.2 Å². The maximum Gasteiger partial charge on any atom is 0.338 e. The Hall–Kier alpha value is -3.60. The van der Waals surface area contributed by atoms with Gasteiger partial charge in [-0.05, 0) is 37.4 Å². The third-order valence-corrected chi connectivity index (χ3v) is 5.69. The molecule has 176 valence electrons. The van der Waals surface area contributed by atoms with E-state index in [1.807, 2.05) is 17.5 Å². The molecule has 2 unspecified atom stereocenters. The lowest BCUT2D eigenvalue weighted by atomic mass is 10.0. The molecule has 10 nitrogen and oxygen atoms in total. The third kappa shape index (κ3) is 6.22. The lowest BCUT2D eigenvalue weighted by molar-refractivity contribution is -0.144. The van der Waals surface area contributed by atoms with E-state index >= 15 is 0 Å². The predicted octanol–water partition coefficient (Wildman–Crippen LogP) is 2.63. The Labute approximate surface area is 194 Å². The minimum absolute atomic E-state index is 0.0790. The van der Waals surface area contributed by atoms with Crippen LogP contribution in [0.1, 0.15) is 48.7 Å². The van der Waals surface area contributed by atoms with Gasteiger partial charge in [-0.15, -0.1) is 11.3 Å². The van der Waals surface area contributed by atoms with Crippen molar-refractivity contribution in [3.63, 3.8) is 0 Å². The van der Waals surface area contributed by atoms with Crippen LogP contribution in [0, 0.1) is 6.92 Å². The number of aryl methyl sites for hydroxylation is 1. The Morgan fingerprint density at radius 1 is 1.24 bits per heavy atom. The van der Waals surface area contributed by atoms with Gasteiger partial charge in [-0.25, -0.2) is 9.59 Å². The molecule has 0 bridgehead atoms. The number of carbonyl (C=O) groups is 4. The highest BCUT2D eigenvalue weighted by Crippen LogP contribution is 2.29. The van der Waals surface area contributed by atoms with Gasteiger partial charge in [0.15, 0.2) is 0 Å². The summed E-state index contributed by atoms with van der Waals surface area (Å²) in [5, 5.41) is 9.72. The van der Waals surface area contributed by atoms with E-state index in [2.05, 4.69) is 16.0 Å². The molecule has 0 aromatic carbocycles. The van der Waals surface area contributed by atoms with Crippen LogP contribution in [0.15, 0.2) is 45.3 Å². The second kappa shape index (κ2) is 10.8. The monoisotopic (exact) mass is 475 g/mol. The lowest BCUT2D eigenvalue weighted by Gasteiger charge is -2.27. The molecule has 3 N–H and O–H groups in total. The normalized spacial score (nSPS) is 16.5. The summed E-state index contributed by atoms with van der Waals surface area (Å²) in [4.78, 5) is 49.9. The van der Waals surface area contributed by atoms with Crippen molar-refractivity contribution >= 4 is 35.2 Å². The van der Waals surface area contributed by atoms with Crippen LogP contribution in [0.25, 0.3) is 0 Å². The molecule has 0 fully saturated rings. The molecule has 3 amide bonds. The largest absolute Gasteiger partial charge is 0.464 e. The fourth-order valence-electron chi connectivity index (χ4n) is 3.34. The number of nitrogens with one attached hydrogen (secondary N) is 3. The second-order valence-corrected chi connectivity index (χ2v) is 8.21. The smallest absolute Gasteiger partial charge is 0.338 e. The number of esters is 2. The summed E-state index contributed by atoms with van der Waals surface area (Å²) in [5.74, 6) is -0.624. The van der Waals surface area contributed by atoms with Gasteiger partial charge in [0, 0.05) is 11.8 Å². The van der Waals surface area contributed by atoms with Crippen LogP contribution in [-0.4, -0.2) is 37.1 Å². The topological polar surface area (TPSA) is 136 Å². The van der Waals surface area contributed by atoms with E-state index in [0.717, 1.165) is 4.88 Å². The first-order valence-corrected chi connectivity index (χ1v) is 11.2. The Balaban J connectivity index is 1.80. The van der Waals surface area contributed by atoms with Gasteiger partial charge in [0.05, 0.1) is 30.3 Å². The molecule has 11 heteroatoms. The number of hydrogen-bond donors (Lipinski definition) is 3. The average molecular weight is 476 g/mol. The predicted molar refractivity (Wildman–Crippen MR) is 118 cm³/mol. The van der Waals surface area contributed by atoms with Gasteiger partial charge in [-0.3, -0.25) is 9.59 Å². The molecule has 2 aromatic heterocycles. The number of amides is 3. The number of rotatable bonds is 9. The van der Waals surface area contributed by atoms with Gasteiger partial charge in [0.25, 0.3) is 0 Å². The SMILES string of the molecule is CCOC(=O)C1=C(COC(=O)CC(NC(C)=O)c2cccs2)NC(=O)NC1c1ccc(C)o1. The lowest BCUT2D eigenvalue weighted by Crippen LogP contribution is -2.47. The summed E-state index contributed by atoms with van der Waals surface area (Å²) >= 11 is 1.40. The third-order valence-electron chi connectivity index (χ3n) is 4.71. The molecular formula is C22H25N3O7S. The zero-order valence-corrected chi connectivity index (χ0v) is 19.2. The number of thiophene rings is 1. The minimum Gasteiger partial charge on any atom is -0.464 e. The Bertz CT molecular complexity index is 1060. The summed E-state index contributed by atoms with van der Waals surface area (Å²) in [5.41, 5.74) is 0.173. The number of urea groups is 1. The fourth-order valence-corrected chi connectivity index (χ4v) is 4.12. The van der Waals surface area contributed by atoms with Crippen molar-refractivity contribution in [3.05, 3.63) is 57.3 Å². The van der Waals surface area contributed by atoms with Crippen molar-refractivity contribution < 1.29 is 33.1 Å². The Morgan fingerprint density at radius 2 is 2.03 bits per heavy atom. The van der Waals surface area contributed by atoms with E-state index in [9.17, 15) is 19.2 Å². The van der Waals surface area contributed by atoms with Crippen LogP contribution >= 0.6 is 11.3 Å². The van der Waals surface area contributed by atoms with Crippen LogP contribution < -0.4 is 16.0 Å². The first kappa shape index (κ1) is 24.1. The van der Waals surface area contributed by atoms with Gasteiger partial charge in [-0.2, -0.15) is 0 Å². The molecule has 0 aliphatic carbocycles. The highest BCUT2D eigenvalue weighted by molar-refractivity contribution is 7.10. The number of ether oxygens (including phenoxy) is 2. The Kier molecular flexibility index (Phi) is 7.88. The summed E-state index contributed by atoms with van der Waals surface area (Å²) < 4.78 is 16.1. The molecule has 1 aliphatic heterocycles. The quantitative estimate of drug-likeness (QED) is 0.474. The number of furan rings is 1. The summed E-state index contributed by atoms with van der Waals surface area (Å²) in [6, 6.07) is 4.95. The molecule has 0 saturated heterocycles. The zero-order valence-electron chi connectivity index (χ0n) is 18.4. The van der Waals surface area contributed by atoms with Gasteiger partial charge in [-0.1, -0.05) is 6.07 Å². The van der Waals surface area contributed by atoms with E-state index in [0.29, 0.717) is 11.5 Å². The van der Waals surface area contributed by atoms with E-state index < -0.39 is 30.1 Å². The van der Waals surface area contributed by atoms with Crippen molar-refractivity contribution in [2.45, 2.75) is 39.3 Å². The van der Waals surface area contributed by atoms with E-state index in [1.54, 1.807) is 26.0 Å². The highest BCUT2D eigenvalue weighted by atomic mass is 32.1. The van der Waals surface area contributed by atoms with Crippen molar-refractivity contribution in [2.75, 3.05) is 13.2 Å². The van der Waals surface area contributed by atoms with Crippen molar-refractivity contribution in [1.29, 1.82) is 0 Å². The van der Waals surface area contributed by atoms with Gasteiger partial charge in [0.2, 0.25) is 5.91 Å². The average Bonchev–Trinajstić information content (AvgIpc) is 3.43. The van der Waals surface area contributed by atoms with E-state index in [4.69, 9.17) is 13.9 Å². The minimum atomic E-state index is -0.904. The molecule has 2 atom stereocenters. The van der Waals surface area contributed by atoms with Gasteiger partial charge < -0.3 is 29.8 Å². The molecule has 33 heavy (non-hydrogen) atoms. The van der Waals surface area contributed by atoms with E-state index in [1.165, 1.54) is 18.3 Å². The molecule has 2 aromatic rings. The van der Waals surface area contributed by atoms with E-state index in [-0.39, 0.29) is 36.8 Å². The molecule has 0 saturated carbocycles. The fraction of sp³-hybridized carbons (Fsp3) is 0.364. The van der Waals surface area contributed by atoms with Crippen LogP contribution in [0.3, 0.4) is 0 Å². The van der Waals surface area contributed by atoms with Crippen molar-refractivity contribution in [2.24, 2.45) is 0 Å². The van der Waals surface area contributed by atoms with Crippen molar-refractivity contribution in [3.8, 4) is 0 Å². The standard InChI is InChI=1S/C22H25N3O7S/c1-4-30-21(28)19-15(24-22(29)25-20(19)16-8-7-12(2)32-16)11-31-18(27)10-14(23-13(3)26)17-6-5-9-33-17/h5-9,14,20H,4,10-11H2,1-3H3,(H,23,26)(H2,24,25,29). The zero-order chi connectivity index (χ0) is 24.0. The Morgan fingerprint density at radius 3 is 2.64 bits per heavy atom. The first-order valence-electron chi connectivity index (χ1n) is 10.3. The van der Waals surface area contributed by atoms with Crippen LogP contribution in [0.5, 0.6) is 0 Å². The van der Waals surface area contributed by atoms with Crippen LogP contribution in [-0.2, 0) is 23.9 Å². The molecular weight excluding hydrogens is 450 g/mol. The molecule has 1 aliphatic rings. The summed E-state index contributed by atoms with van der Waals surface area (Å²) in [6.07, 6.45) is -0.116. The number of hydrogen-bond acceptors (Lipinski definition) is 8. The highest BCUT2D eigenvalue weighted by Gasteiger charge is 2.36. The van der Waals surface area contributed by atoms with Crippen LogP contribution in [0.2, 0.25) is 0 Å². The molecule has 0 spiro atoms. The maximum atomic E-state index is 12.7. The molecule has 0 radical (unpaired) electrons. The van der Waals surface area contributed by atoms with Crippen molar-refractivity contribution in [1.82, 2.24) is 16.0 Å². The molecule has 3 heterocycles. The molecule has 3 rings (SSSR count). The maximum absolute atomic E-state index is 12.7. The van der Waals surface area contributed by atoms with Crippen LogP contribution in [0.4, 0.5) is 4.79 Å². The first-order chi connectivity index (χ1) is 15.8. The summed E-state index contributed by atoms with van der Waals surface area (Å²) in [7, 11) is 0. The van der Waals surface area contributed by atoms with Gasteiger partial charge >= 0.3 is 18.0 Å².